The van der Waals surface area contributed by atoms with Gasteiger partial charge in [0.15, 0.2) is 12.4 Å². The van der Waals surface area contributed by atoms with Crippen LogP contribution in [0.2, 0.25) is 10.0 Å². The minimum atomic E-state index is -3.79. The van der Waals surface area contributed by atoms with Crippen LogP contribution >= 0.6 is 23.2 Å². The van der Waals surface area contributed by atoms with Gasteiger partial charge < -0.3 is 14.8 Å². The van der Waals surface area contributed by atoms with Crippen LogP contribution in [0.15, 0.2) is 71.6 Å². The molecule has 1 amide bonds. The average molecular weight is 521 g/mol. The van der Waals surface area contributed by atoms with E-state index in [2.05, 4.69) is 5.32 Å². The maximum atomic E-state index is 13.1. The summed E-state index contributed by atoms with van der Waals surface area (Å²) in [5, 5.41) is 3.38. The van der Waals surface area contributed by atoms with Gasteiger partial charge in [-0.15, -0.1) is 0 Å². The van der Waals surface area contributed by atoms with Crippen LogP contribution in [0.3, 0.4) is 0 Å². The third-order valence-electron chi connectivity index (χ3n) is 5.13. The number of para-hydroxylation sites is 1. The first-order valence-corrected chi connectivity index (χ1v) is 12.8. The molecule has 1 saturated heterocycles. The molecular weight excluding hydrogens is 499 g/mol. The fraction of sp³-hybridized carbons (Fsp3) is 0.208. The molecule has 34 heavy (non-hydrogen) atoms. The van der Waals surface area contributed by atoms with E-state index in [1.54, 1.807) is 30.3 Å². The fourth-order valence-electron chi connectivity index (χ4n) is 3.50. The van der Waals surface area contributed by atoms with Crippen LogP contribution in [0.1, 0.15) is 12.8 Å². The Bertz CT molecular complexity index is 1280. The zero-order valence-corrected chi connectivity index (χ0v) is 20.4. The predicted octanol–water partition coefficient (Wildman–Crippen LogP) is 5.59. The lowest BCUT2D eigenvalue weighted by atomic mass is 10.2. The molecule has 178 valence electrons. The maximum absolute atomic E-state index is 13.1. The van der Waals surface area contributed by atoms with Crippen molar-refractivity contribution in [3.05, 3.63) is 76.8 Å². The molecule has 10 heteroatoms. The number of nitrogens with zero attached hydrogens (tertiary/aromatic N) is 1. The number of nitrogens with one attached hydrogen (secondary N) is 1. The molecule has 1 aliphatic heterocycles. The summed E-state index contributed by atoms with van der Waals surface area (Å²) in [4.78, 5) is 12.6. The Kier molecular flexibility index (Phi) is 7.63. The van der Waals surface area contributed by atoms with E-state index in [1.165, 1.54) is 22.5 Å². The molecule has 0 spiro atoms. The number of anilines is 1. The van der Waals surface area contributed by atoms with E-state index < -0.39 is 22.5 Å². The lowest BCUT2D eigenvalue weighted by Crippen LogP contribution is -2.28. The number of rotatable bonds is 8. The van der Waals surface area contributed by atoms with Crippen LogP contribution in [0, 0.1) is 0 Å². The summed E-state index contributed by atoms with van der Waals surface area (Å²) in [6.45, 7) is 0.447. The molecule has 4 rings (SSSR count). The molecule has 1 aliphatic rings. The first kappa shape index (κ1) is 24.3. The van der Waals surface area contributed by atoms with Crippen LogP contribution in [0.4, 0.5) is 5.69 Å². The lowest BCUT2D eigenvalue weighted by molar-refractivity contribution is -0.118. The highest BCUT2D eigenvalue weighted by molar-refractivity contribution is 7.89. The molecule has 3 aromatic carbocycles. The Hall–Kier alpha value is -2.78. The van der Waals surface area contributed by atoms with Crippen LogP contribution in [-0.2, 0) is 14.8 Å². The number of amides is 1. The van der Waals surface area contributed by atoms with Crippen LogP contribution in [0.25, 0.3) is 0 Å². The van der Waals surface area contributed by atoms with Gasteiger partial charge in [-0.1, -0.05) is 41.4 Å². The van der Waals surface area contributed by atoms with E-state index in [-0.39, 0.29) is 15.7 Å². The number of ether oxygens (including phenoxy) is 2. The Balaban J connectivity index is 1.49. The first-order chi connectivity index (χ1) is 16.3. The summed E-state index contributed by atoms with van der Waals surface area (Å²) < 4.78 is 39.0. The number of carbonyl (C=O) groups excluding carboxylic acids is 1. The highest BCUT2D eigenvalue weighted by Crippen LogP contribution is 2.33. The van der Waals surface area contributed by atoms with Gasteiger partial charge in [-0.05, 0) is 61.4 Å². The largest absolute Gasteiger partial charge is 0.482 e. The number of hydrogen-bond acceptors (Lipinski definition) is 5. The number of benzene rings is 3. The lowest BCUT2D eigenvalue weighted by Gasteiger charge is -2.18. The monoisotopic (exact) mass is 520 g/mol. The van der Waals surface area contributed by atoms with Crippen molar-refractivity contribution in [2.45, 2.75) is 17.7 Å². The highest BCUT2D eigenvalue weighted by atomic mass is 35.5. The quantitative estimate of drug-likeness (QED) is 0.418. The number of sulfonamides is 1. The zero-order chi connectivity index (χ0) is 24.1. The molecule has 0 aromatic heterocycles. The second kappa shape index (κ2) is 10.7. The summed E-state index contributed by atoms with van der Waals surface area (Å²) in [6, 6.07) is 18.2. The molecule has 0 radical (unpaired) electrons. The first-order valence-electron chi connectivity index (χ1n) is 10.6. The van der Waals surface area contributed by atoms with E-state index in [0.717, 1.165) is 12.8 Å². The van der Waals surface area contributed by atoms with Gasteiger partial charge in [0, 0.05) is 23.1 Å². The summed E-state index contributed by atoms with van der Waals surface area (Å²) in [6.07, 6.45) is 1.59. The van der Waals surface area contributed by atoms with Gasteiger partial charge in [0.25, 0.3) is 5.91 Å². The van der Waals surface area contributed by atoms with Crippen molar-refractivity contribution in [1.82, 2.24) is 4.31 Å². The summed E-state index contributed by atoms with van der Waals surface area (Å²) >= 11 is 12.2. The smallest absolute Gasteiger partial charge is 0.262 e. The molecule has 0 unspecified atom stereocenters. The van der Waals surface area contributed by atoms with Crippen LogP contribution in [0.5, 0.6) is 17.2 Å². The second-order valence-electron chi connectivity index (χ2n) is 7.59. The molecule has 0 atom stereocenters. The Morgan fingerprint density at radius 2 is 1.56 bits per heavy atom. The normalized spacial score (nSPS) is 14.1. The fourth-order valence-corrected chi connectivity index (χ4v) is 5.59. The minimum Gasteiger partial charge on any atom is -0.482 e. The van der Waals surface area contributed by atoms with E-state index in [0.29, 0.717) is 35.3 Å². The van der Waals surface area contributed by atoms with E-state index in [4.69, 9.17) is 32.7 Å². The Morgan fingerprint density at radius 1 is 0.912 bits per heavy atom. The summed E-state index contributed by atoms with van der Waals surface area (Å²) in [7, 11) is -3.79. The van der Waals surface area contributed by atoms with E-state index >= 15 is 0 Å². The average Bonchev–Trinajstić information content (AvgIpc) is 3.37. The third-order valence-corrected chi connectivity index (χ3v) is 7.52. The Morgan fingerprint density at radius 3 is 2.26 bits per heavy atom. The molecule has 1 N–H and O–H groups in total. The summed E-state index contributed by atoms with van der Waals surface area (Å²) in [5.74, 6) is 0.528. The van der Waals surface area contributed by atoms with Gasteiger partial charge in [0.05, 0.1) is 5.69 Å². The SMILES string of the molecule is O=C(COc1ccc(Cl)cc1S(=O)(=O)N1CCCC1)Nc1cc(Cl)ccc1Oc1ccccc1. The topological polar surface area (TPSA) is 84.9 Å². The van der Waals surface area contributed by atoms with Crippen molar-refractivity contribution in [3.63, 3.8) is 0 Å². The van der Waals surface area contributed by atoms with Gasteiger partial charge in [-0.2, -0.15) is 4.31 Å². The van der Waals surface area contributed by atoms with Gasteiger partial charge in [-0.25, -0.2) is 8.42 Å². The number of hydrogen-bond donors (Lipinski definition) is 1. The van der Waals surface area contributed by atoms with Gasteiger partial charge >= 0.3 is 0 Å². The molecule has 0 bridgehead atoms. The Labute approximate surface area is 208 Å². The molecule has 3 aromatic rings. The zero-order valence-electron chi connectivity index (χ0n) is 18.0. The summed E-state index contributed by atoms with van der Waals surface area (Å²) in [5.41, 5.74) is 0.353. The molecule has 1 fully saturated rings. The van der Waals surface area contributed by atoms with Crippen molar-refractivity contribution >= 4 is 44.8 Å². The second-order valence-corrected chi connectivity index (χ2v) is 10.4. The van der Waals surface area contributed by atoms with E-state index in [1.807, 2.05) is 18.2 Å². The van der Waals surface area contributed by atoms with Gasteiger partial charge in [0.1, 0.15) is 16.4 Å². The van der Waals surface area contributed by atoms with Gasteiger partial charge in [-0.3, -0.25) is 4.79 Å². The van der Waals surface area contributed by atoms with Crippen molar-refractivity contribution in [1.29, 1.82) is 0 Å². The third kappa shape index (κ3) is 5.82. The highest BCUT2D eigenvalue weighted by Gasteiger charge is 2.30. The molecule has 7 nitrogen and oxygen atoms in total. The molecule has 0 saturated carbocycles. The predicted molar refractivity (Wildman–Crippen MR) is 132 cm³/mol. The van der Waals surface area contributed by atoms with Crippen molar-refractivity contribution < 1.29 is 22.7 Å². The van der Waals surface area contributed by atoms with Crippen molar-refractivity contribution in [2.75, 3.05) is 25.0 Å². The molecule has 1 heterocycles. The minimum absolute atomic E-state index is 0.0540. The molecular formula is C24H22Cl2N2O5S. The van der Waals surface area contributed by atoms with Crippen molar-refractivity contribution in [2.24, 2.45) is 0 Å². The number of carbonyl (C=O) groups is 1. The van der Waals surface area contributed by atoms with Gasteiger partial charge in [0.2, 0.25) is 10.0 Å². The van der Waals surface area contributed by atoms with E-state index in [9.17, 15) is 13.2 Å². The standard InChI is InChI=1S/C24H22Cl2N2O5S/c25-17-8-10-21(33-19-6-2-1-3-7-19)20(14-17)27-24(29)16-32-22-11-9-18(26)15-23(22)34(30,31)28-12-4-5-13-28/h1-3,6-11,14-15H,4-5,12-13,16H2,(H,27,29). The molecule has 0 aliphatic carbocycles. The van der Waals surface area contributed by atoms with Crippen LogP contribution in [-0.4, -0.2) is 38.3 Å². The maximum Gasteiger partial charge on any atom is 0.262 e. The van der Waals surface area contributed by atoms with Crippen molar-refractivity contribution in [3.8, 4) is 17.2 Å². The number of halogens is 2. The van der Waals surface area contributed by atoms with Crippen LogP contribution < -0.4 is 14.8 Å².